The number of fused-ring (bicyclic) bond motifs is 1. The van der Waals surface area contributed by atoms with Crippen LogP contribution in [0.5, 0.6) is 0 Å². The molecule has 0 radical (unpaired) electrons. The number of nitrogens with zero attached hydrogens (tertiary/aromatic N) is 3. The van der Waals surface area contributed by atoms with Crippen molar-refractivity contribution < 1.29 is 13.9 Å². The number of carbonyl (C=O) groups is 1. The van der Waals surface area contributed by atoms with E-state index >= 15 is 0 Å². The van der Waals surface area contributed by atoms with E-state index in [1.54, 1.807) is 0 Å². The van der Waals surface area contributed by atoms with Crippen molar-refractivity contribution in [1.29, 1.82) is 0 Å². The van der Waals surface area contributed by atoms with Crippen LogP contribution in [-0.2, 0) is 4.74 Å². The third-order valence-electron chi connectivity index (χ3n) is 6.22. The summed E-state index contributed by atoms with van der Waals surface area (Å²) in [6.45, 7) is 4.37. The summed E-state index contributed by atoms with van der Waals surface area (Å²) in [6, 6.07) is 0.446. The van der Waals surface area contributed by atoms with Crippen LogP contribution in [0.15, 0.2) is 10.8 Å². The van der Waals surface area contributed by atoms with E-state index < -0.39 is 0 Å². The van der Waals surface area contributed by atoms with Gasteiger partial charge in [0.2, 0.25) is 5.76 Å². The van der Waals surface area contributed by atoms with E-state index in [-0.39, 0.29) is 5.91 Å². The van der Waals surface area contributed by atoms with Gasteiger partial charge in [-0.3, -0.25) is 4.79 Å². The van der Waals surface area contributed by atoms with Gasteiger partial charge >= 0.3 is 0 Å². The van der Waals surface area contributed by atoms with E-state index in [0.29, 0.717) is 35.4 Å². The second-order valence-electron chi connectivity index (χ2n) is 8.31. The lowest BCUT2D eigenvalue weighted by molar-refractivity contribution is -0.0493. The second-order valence-corrected chi connectivity index (χ2v) is 8.31. The number of rotatable bonds is 5. The summed E-state index contributed by atoms with van der Waals surface area (Å²) in [5.41, 5.74) is 0.677. The van der Waals surface area contributed by atoms with Gasteiger partial charge in [-0.2, -0.15) is 0 Å². The molecule has 1 aliphatic heterocycles. The Kier molecular flexibility index (Phi) is 4.58. The molecule has 3 fully saturated rings. The van der Waals surface area contributed by atoms with Crippen LogP contribution < -0.4 is 0 Å². The molecule has 6 heteroatoms. The third-order valence-corrected chi connectivity index (χ3v) is 6.22. The highest BCUT2D eigenvalue weighted by molar-refractivity contribution is 5.92. The average molecular weight is 347 g/mol. The molecule has 0 spiro atoms. The number of aromatic nitrogens is 1. The summed E-state index contributed by atoms with van der Waals surface area (Å²) in [5, 5.41) is 0. The first kappa shape index (κ1) is 17.0. The topological polar surface area (TPSA) is 58.8 Å². The molecule has 3 aliphatic rings. The first-order valence-corrected chi connectivity index (χ1v) is 9.50. The number of aryl methyl sites for hydroxylation is 1. The summed E-state index contributed by atoms with van der Waals surface area (Å²) < 4.78 is 11.6. The van der Waals surface area contributed by atoms with Crippen LogP contribution in [0.25, 0.3) is 0 Å². The fraction of sp³-hybridized carbons (Fsp3) is 0.789. The minimum atomic E-state index is -0.0127. The van der Waals surface area contributed by atoms with Crippen molar-refractivity contribution in [3.8, 4) is 0 Å². The highest BCUT2D eigenvalue weighted by atomic mass is 16.5. The Balaban J connectivity index is 1.43. The maximum atomic E-state index is 12.7. The molecule has 2 aliphatic carbocycles. The van der Waals surface area contributed by atoms with Crippen molar-refractivity contribution in [2.75, 3.05) is 33.8 Å². The van der Waals surface area contributed by atoms with Crippen LogP contribution in [0.1, 0.15) is 41.9 Å². The van der Waals surface area contributed by atoms with Crippen molar-refractivity contribution in [1.82, 2.24) is 14.8 Å². The molecule has 0 unspecified atom stereocenters. The molecule has 4 atom stereocenters. The Bertz CT molecular complexity index is 625. The van der Waals surface area contributed by atoms with Crippen molar-refractivity contribution in [3.63, 3.8) is 0 Å². The molecule has 0 bridgehead atoms. The SMILES string of the molecule is Cc1ncoc1C(=O)N1C[C@H]2C[C@@H](N(C)C)[C@H](OCC3CC3)C[C@H]2C1. The van der Waals surface area contributed by atoms with E-state index in [1.165, 1.54) is 19.2 Å². The lowest BCUT2D eigenvalue weighted by Gasteiger charge is -2.41. The van der Waals surface area contributed by atoms with Gasteiger partial charge in [0.05, 0.1) is 11.8 Å². The zero-order valence-electron chi connectivity index (χ0n) is 15.5. The highest BCUT2D eigenvalue weighted by Crippen LogP contribution is 2.40. The number of likely N-dealkylation sites (N-methyl/N-ethyl adjacent to an activating group) is 1. The number of likely N-dealkylation sites (tertiary alicyclic amines) is 1. The number of hydrogen-bond acceptors (Lipinski definition) is 5. The van der Waals surface area contributed by atoms with E-state index in [1.807, 2.05) is 11.8 Å². The monoisotopic (exact) mass is 347 g/mol. The summed E-state index contributed by atoms with van der Waals surface area (Å²) >= 11 is 0. The van der Waals surface area contributed by atoms with Gasteiger partial charge in [-0.05, 0) is 64.5 Å². The van der Waals surface area contributed by atoms with Gasteiger partial charge in [-0.25, -0.2) is 4.98 Å². The van der Waals surface area contributed by atoms with Crippen molar-refractivity contribution in [2.24, 2.45) is 17.8 Å². The van der Waals surface area contributed by atoms with E-state index in [0.717, 1.165) is 38.5 Å². The lowest BCUT2D eigenvalue weighted by atomic mass is 9.77. The van der Waals surface area contributed by atoms with Gasteiger partial charge in [0.25, 0.3) is 5.91 Å². The van der Waals surface area contributed by atoms with E-state index in [9.17, 15) is 4.79 Å². The molecular weight excluding hydrogens is 318 g/mol. The van der Waals surface area contributed by atoms with Crippen molar-refractivity contribution in [3.05, 3.63) is 17.8 Å². The van der Waals surface area contributed by atoms with Gasteiger partial charge in [-0.1, -0.05) is 0 Å². The quantitative estimate of drug-likeness (QED) is 0.817. The number of carbonyl (C=O) groups excluding carboxylic acids is 1. The molecule has 138 valence electrons. The van der Waals surface area contributed by atoms with Gasteiger partial charge in [0.1, 0.15) is 0 Å². The van der Waals surface area contributed by atoms with Crippen molar-refractivity contribution in [2.45, 2.75) is 44.8 Å². The minimum Gasteiger partial charge on any atom is -0.438 e. The summed E-state index contributed by atoms with van der Waals surface area (Å²) in [7, 11) is 4.29. The number of oxazole rings is 1. The van der Waals surface area contributed by atoms with Crippen molar-refractivity contribution >= 4 is 5.91 Å². The number of ether oxygens (including phenoxy) is 1. The maximum absolute atomic E-state index is 12.7. The maximum Gasteiger partial charge on any atom is 0.291 e. The Morgan fingerprint density at radius 1 is 1.32 bits per heavy atom. The Morgan fingerprint density at radius 3 is 2.64 bits per heavy atom. The Labute approximate surface area is 149 Å². The fourth-order valence-electron chi connectivity index (χ4n) is 4.47. The highest BCUT2D eigenvalue weighted by Gasteiger charge is 2.45. The van der Waals surface area contributed by atoms with E-state index in [2.05, 4.69) is 24.0 Å². The van der Waals surface area contributed by atoms with Gasteiger partial charge < -0.3 is 19.0 Å². The van der Waals surface area contributed by atoms with Crippen LogP contribution in [0.2, 0.25) is 0 Å². The normalized spacial score (nSPS) is 32.2. The lowest BCUT2D eigenvalue weighted by Crippen LogP contribution is -2.48. The summed E-state index contributed by atoms with van der Waals surface area (Å²) in [5.74, 6) is 2.26. The summed E-state index contributed by atoms with van der Waals surface area (Å²) in [4.78, 5) is 21.1. The second kappa shape index (κ2) is 6.72. The van der Waals surface area contributed by atoms with Gasteiger partial charge in [0, 0.05) is 25.7 Å². The molecular formula is C19H29N3O3. The molecule has 1 aromatic heterocycles. The molecule has 2 heterocycles. The fourth-order valence-corrected chi connectivity index (χ4v) is 4.47. The van der Waals surface area contributed by atoms with E-state index in [4.69, 9.17) is 9.15 Å². The van der Waals surface area contributed by atoms with Gasteiger partial charge in [0.15, 0.2) is 6.39 Å². The largest absolute Gasteiger partial charge is 0.438 e. The van der Waals surface area contributed by atoms with Crippen LogP contribution in [-0.4, -0.2) is 66.6 Å². The summed E-state index contributed by atoms with van der Waals surface area (Å²) in [6.07, 6.45) is 6.45. The van der Waals surface area contributed by atoms with Crippen LogP contribution in [0, 0.1) is 24.7 Å². The zero-order valence-corrected chi connectivity index (χ0v) is 15.5. The first-order chi connectivity index (χ1) is 12.0. The average Bonchev–Trinajstić information content (AvgIpc) is 3.16. The van der Waals surface area contributed by atoms with Crippen LogP contribution >= 0.6 is 0 Å². The third kappa shape index (κ3) is 3.47. The molecule has 25 heavy (non-hydrogen) atoms. The molecule has 6 nitrogen and oxygen atoms in total. The predicted octanol–water partition coefficient (Wildman–Crippen LogP) is 2.19. The molecule has 1 amide bonds. The minimum absolute atomic E-state index is 0.0127. The Hall–Kier alpha value is -1.40. The van der Waals surface area contributed by atoms with Crippen LogP contribution in [0.3, 0.4) is 0 Å². The first-order valence-electron chi connectivity index (χ1n) is 9.50. The standard InChI is InChI=1S/C19H29N3O3/c1-12-18(25-11-20-12)19(23)22-8-14-6-16(21(2)3)17(7-15(14)9-22)24-10-13-4-5-13/h11,13-17H,4-10H2,1-3H3/t14-,15+,16-,17-/m1/s1. The number of amides is 1. The molecule has 0 aromatic carbocycles. The smallest absolute Gasteiger partial charge is 0.291 e. The zero-order chi connectivity index (χ0) is 17.6. The predicted molar refractivity (Wildman–Crippen MR) is 93.3 cm³/mol. The number of hydrogen-bond donors (Lipinski definition) is 0. The van der Waals surface area contributed by atoms with Crippen LogP contribution in [0.4, 0.5) is 0 Å². The molecule has 2 saturated carbocycles. The Morgan fingerprint density at radius 2 is 2.04 bits per heavy atom. The molecule has 0 N–H and O–H groups in total. The molecule has 1 saturated heterocycles. The molecule has 1 aromatic rings. The molecule has 4 rings (SSSR count). The van der Waals surface area contributed by atoms with Gasteiger partial charge in [-0.15, -0.1) is 0 Å².